The molecule has 0 radical (unpaired) electrons. The third-order valence-corrected chi connectivity index (χ3v) is 6.41. The van der Waals surface area contributed by atoms with Gasteiger partial charge in [-0.3, -0.25) is 0 Å². The molecule has 3 rings (SSSR count). The van der Waals surface area contributed by atoms with Crippen LogP contribution in [0, 0.1) is 12.8 Å². The van der Waals surface area contributed by atoms with Gasteiger partial charge in [0.1, 0.15) is 12.2 Å². The van der Waals surface area contributed by atoms with Crippen molar-refractivity contribution in [2.45, 2.75) is 63.6 Å². The van der Waals surface area contributed by atoms with Gasteiger partial charge in [-0.2, -0.15) is 0 Å². The van der Waals surface area contributed by atoms with Gasteiger partial charge in [-0.15, -0.1) is 0 Å². The zero-order valence-corrected chi connectivity index (χ0v) is 17.6. The van der Waals surface area contributed by atoms with Crippen molar-refractivity contribution in [2.75, 3.05) is 6.61 Å². The molecule has 0 bridgehead atoms. The number of benzene rings is 1. The summed E-state index contributed by atoms with van der Waals surface area (Å²) >= 11 is 0. The summed E-state index contributed by atoms with van der Waals surface area (Å²) < 4.78 is 45.6. The number of carbonyl (C=O) groups excluding carboxylic acids is 1. The van der Waals surface area contributed by atoms with Crippen LogP contribution in [0.15, 0.2) is 40.8 Å². The van der Waals surface area contributed by atoms with E-state index in [9.17, 15) is 13.2 Å². The van der Waals surface area contributed by atoms with Crippen molar-refractivity contribution >= 4 is 16.0 Å². The van der Waals surface area contributed by atoms with Gasteiger partial charge in [0.15, 0.2) is 5.79 Å². The highest BCUT2D eigenvalue weighted by atomic mass is 32.2. The number of nitrogens with one attached hydrogen (secondary N) is 1. The summed E-state index contributed by atoms with van der Waals surface area (Å²) in [6, 6.07) is 6.05. The highest BCUT2D eigenvalue weighted by Gasteiger charge is 2.52. The van der Waals surface area contributed by atoms with Crippen LogP contribution >= 0.6 is 0 Å². The predicted molar refractivity (Wildman–Crippen MR) is 103 cm³/mol. The van der Waals surface area contributed by atoms with Gasteiger partial charge in [0.25, 0.3) is 0 Å². The minimum Gasteiger partial charge on any atom is -0.463 e. The molecule has 1 N–H and O–H groups in total. The lowest BCUT2D eigenvalue weighted by molar-refractivity contribution is -0.149. The van der Waals surface area contributed by atoms with Gasteiger partial charge in [-0.05, 0) is 45.7 Å². The molecular formula is C20H27NO6S. The first-order chi connectivity index (χ1) is 13.0. The maximum absolute atomic E-state index is 12.9. The van der Waals surface area contributed by atoms with Crippen molar-refractivity contribution in [3.8, 4) is 0 Å². The second-order valence-corrected chi connectivity index (χ2v) is 9.40. The van der Waals surface area contributed by atoms with E-state index in [-0.39, 0.29) is 17.4 Å². The smallest absolute Gasteiger partial charge is 0.336 e. The first-order valence-electron chi connectivity index (χ1n) is 9.37. The van der Waals surface area contributed by atoms with E-state index in [0.717, 1.165) is 5.56 Å². The highest BCUT2D eigenvalue weighted by Crippen LogP contribution is 2.40. The van der Waals surface area contributed by atoms with Crippen molar-refractivity contribution in [1.29, 1.82) is 0 Å². The molecule has 0 spiro atoms. The van der Waals surface area contributed by atoms with Crippen LogP contribution in [0.25, 0.3) is 0 Å². The Morgan fingerprint density at radius 1 is 1.21 bits per heavy atom. The molecule has 4 atom stereocenters. The Hall–Kier alpha value is -1.74. The number of carbonyl (C=O) groups is 1. The fourth-order valence-electron chi connectivity index (χ4n) is 3.61. The predicted octanol–water partition coefficient (Wildman–Crippen LogP) is 2.30. The van der Waals surface area contributed by atoms with E-state index in [1.807, 2.05) is 13.8 Å². The summed E-state index contributed by atoms with van der Waals surface area (Å²) in [6.07, 6.45) is 0.372. The molecule has 7 nitrogen and oxygen atoms in total. The monoisotopic (exact) mass is 409 g/mol. The van der Waals surface area contributed by atoms with Crippen molar-refractivity contribution < 1.29 is 27.4 Å². The molecule has 0 aromatic heterocycles. The maximum atomic E-state index is 12.9. The van der Waals surface area contributed by atoms with Crippen LogP contribution in [-0.2, 0) is 29.0 Å². The Balaban J connectivity index is 1.93. The minimum absolute atomic E-state index is 0.181. The molecule has 1 aliphatic carbocycles. The average Bonchev–Trinajstić information content (AvgIpc) is 2.93. The van der Waals surface area contributed by atoms with Gasteiger partial charge < -0.3 is 14.2 Å². The lowest BCUT2D eigenvalue weighted by Gasteiger charge is -2.35. The van der Waals surface area contributed by atoms with Gasteiger partial charge in [-0.25, -0.2) is 17.9 Å². The van der Waals surface area contributed by atoms with E-state index in [0.29, 0.717) is 5.57 Å². The molecular weight excluding hydrogens is 382 g/mol. The summed E-state index contributed by atoms with van der Waals surface area (Å²) in [7, 11) is -3.76. The molecule has 2 aliphatic rings. The molecule has 28 heavy (non-hydrogen) atoms. The Morgan fingerprint density at radius 2 is 1.86 bits per heavy atom. The number of aryl methyl sites for hydroxylation is 1. The molecule has 1 fully saturated rings. The third kappa shape index (κ3) is 4.15. The van der Waals surface area contributed by atoms with Gasteiger partial charge in [0.05, 0.1) is 23.1 Å². The Labute approximate surface area is 166 Å². The first kappa shape index (κ1) is 21.0. The number of rotatable bonds is 5. The van der Waals surface area contributed by atoms with Gasteiger partial charge >= 0.3 is 5.97 Å². The van der Waals surface area contributed by atoms with Gasteiger partial charge in [0, 0.05) is 0 Å². The van der Waals surface area contributed by atoms with Crippen LogP contribution in [0.2, 0.25) is 0 Å². The van der Waals surface area contributed by atoms with E-state index in [1.165, 1.54) is 0 Å². The summed E-state index contributed by atoms with van der Waals surface area (Å²) in [5.74, 6) is -1.71. The summed E-state index contributed by atoms with van der Waals surface area (Å²) in [6.45, 7) is 9.19. The van der Waals surface area contributed by atoms with E-state index in [4.69, 9.17) is 14.2 Å². The highest BCUT2D eigenvalue weighted by molar-refractivity contribution is 7.89. The molecule has 8 heteroatoms. The fourth-order valence-corrected chi connectivity index (χ4v) is 4.95. The van der Waals surface area contributed by atoms with Gasteiger partial charge in [0.2, 0.25) is 10.0 Å². The second-order valence-electron chi connectivity index (χ2n) is 7.68. The Morgan fingerprint density at radius 3 is 2.46 bits per heavy atom. The zero-order chi connectivity index (χ0) is 20.7. The summed E-state index contributed by atoms with van der Waals surface area (Å²) in [4.78, 5) is 12.6. The Bertz CT molecular complexity index is 874. The lowest BCUT2D eigenvalue weighted by Crippen LogP contribution is -2.54. The largest absolute Gasteiger partial charge is 0.463 e. The number of sulfonamides is 1. The maximum Gasteiger partial charge on any atom is 0.336 e. The van der Waals surface area contributed by atoms with Crippen LogP contribution < -0.4 is 4.72 Å². The average molecular weight is 410 g/mol. The number of hydrogen-bond donors (Lipinski definition) is 1. The molecule has 0 saturated carbocycles. The van der Waals surface area contributed by atoms with Crippen LogP contribution in [-0.4, -0.2) is 45.0 Å². The van der Waals surface area contributed by atoms with Crippen LogP contribution in [0.5, 0.6) is 0 Å². The van der Waals surface area contributed by atoms with Crippen molar-refractivity contribution in [3.63, 3.8) is 0 Å². The quantitative estimate of drug-likeness (QED) is 0.751. The number of esters is 1. The Kier molecular flexibility index (Phi) is 5.69. The summed E-state index contributed by atoms with van der Waals surface area (Å²) in [5.41, 5.74) is 1.34. The van der Waals surface area contributed by atoms with Gasteiger partial charge in [-0.1, -0.05) is 30.7 Å². The van der Waals surface area contributed by atoms with Crippen molar-refractivity contribution in [2.24, 2.45) is 5.92 Å². The summed E-state index contributed by atoms with van der Waals surface area (Å²) in [5, 5.41) is 0. The van der Waals surface area contributed by atoms with E-state index < -0.39 is 40.0 Å². The van der Waals surface area contributed by atoms with Crippen molar-refractivity contribution in [3.05, 3.63) is 41.5 Å². The molecule has 0 unspecified atom stereocenters. The SMILES string of the molecule is CCOC(=O)C1=C[C@H](C)[C@@H](NS(=O)(=O)c2ccc(C)cc2)[C@@H]2OC(C)(C)O[C@H]12. The molecule has 0 amide bonds. The molecule has 1 aromatic carbocycles. The van der Waals surface area contributed by atoms with Crippen molar-refractivity contribution in [1.82, 2.24) is 4.72 Å². The topological polar surface area (TPSA) is 90.9 Å². The minimum atomic E-state index is -3.76. The van der Waals surface area contributed by atoms with E-state index >= 15 is 0 Å². The molecule has 1 saturated heterocycles. The van der Waals surface area contributed by atoms with Crippen LogP contribution in [0.4, 0.5) is 0 Å². The molecule has 1 aliphatic heterocycles. The molecule has 1 aromatic rings. The second kappa shape index (κ2) is 7.59. The van der Waals surface area contributed by atoms with E-state index in [2.05, 4.69) is 4.72 Å². The van der Waals surface area contributed by atoms with Crippen LogP contribution in [0.1, 0.15) is 33.3 Å². The van der Waals surface area contributed by atoms with Crippen LogP contribution in [0.3, 0.4) is 0 Å². The number of fused-ring (bicyclic) bond motifs is 1. The first-order valence-corrected chi connectivity index (χ1v) is 10.9. The standard InChI is InChI=1S/C20H27NO6S/c1-6-25-19(22)15-11-13(3)16(18-17(15)26-20(4,5)27-18)21-28(23,24)14-9-7-12(2)8-10-14/h7-11,13,16-18,21H,6H2,1-5H3/t13-,16+,17+,18-/m0/s1. The lowest BCUT2D eigenvalue weighted by atomic mass is 9.83. The normalized spacial score (nSPS) is 29.1. The van der Waals surface area contributed by atoms with E-state index in [1.54, 1.807) is 51.1 Å². The molecule has 154 valence electrons. The molecule has 1 heterocycles. The third-order valence-electron chi connectivity index (χ3n) is 4.93. The fraction of sp³-hybridized carbons (Fsp3) is 0.550. The number of hydrogen-bond acceptors (Lipinski definition) is 6. The zero-order valence-electron chi connectivity index (χ0n) is 16.8. The number of ether oxygens (including phenoxy) is 3.